The Morgan fingerprint density at radius 2 is 1.20 bits per heavy atom. The molecule has 0 nitrogen and oxygen atoms in total. The summed E-state index contributed by atoms with van der Waals surface area (Å²) in [6, 6.07) is 0. The van der Waals surface area contributed by atoms with E-state index < -0.39 is 8.07 Å². The van der Waals surface area contributed by atoms with Crippen LogP contribution < -0.4 is 0 Å². The lowest BCUT2D eigenvalue weighted by Crippen LogP contribution is -2.12. The van der Waals surface area contributed by atoms with Crippen molar-refractivity contribution in [3.63, 3.8) is 0 Å². The minimum absolute atomic E-state index is 1.11. The Morgan fingerprint density at radius 3 is 1.20 bits per heavy atom. The summed E-state index contributed by atoms with van der Waals surface area (Å²) in [6.07, 6.45) is 0. The fourth-order valence-electron chi connectivity index (χ4n) is 0. The van der Waals surface area contributed by atoms with Crippen molar-refractivity contribution in [3.05, 3.63) is 6.55 Å². The molecule has 0 aromatic heterocycles. The summed E-state index contributed by atoms with van der Waals surface area (Å²) in [4.78, 5) is 0. The Balaban J connectivity index is 3.02. The van der Waals surface area contributed by atoms with Gasteiger partial charge in [0.25, 0.3) is 0 Å². The Hall–Kier alpha value is 0.217. The predicted octanol–water partition coefficient (Wildman–Crippen LogP) is 1.57. The highest BCUT2D eigenvalue weighted by Crippen LogP contribution is 1.92. The van der Waals surface area contributed by atoms with Crippen molar-refractivity contribution in [2.75, 3.05) is 0 Å². The molecule has 0 bridgehead atoms. The Morgan fingerprint density at radius 1 is 1.20 bits per heavy atom. The Kier molecular flexibility index (Phi) is 1.18. The fraction of sp³-hybridized carbons (Fsp3) is 0.750. The van der Waals surface area contributed by atoms with E-state index in [-0.39, 0.29) is 0 Å². The maximum atomic E-state index is 5.49. The molecule has 0 aliphatic rings. The molecule has 0 saturated carbocycles. The maximum Gasteiger partial charge on any atom is 0.0473 e. The predicted molar refractivity (Wildman–Crippen MR) is 27.6 cm³/mol. The summed E-state index contributed by atoms with van der Waals surface area (Å²) in [5, 5.41) is 0. The van der Waals surface area contributed by atoms with Crippen molar-refractivity contribution in [1.82, 2.24) is 0 Å². The van der Waals surface area contributed by atoms with Crippen molar-refractivity contribution in [2.45, 2.75) is 19.6 Å². The van der Waals surface area contributed by atoms with E-state index in [9.17, 15) is 0 Å². The van der Waals surface area contributed by atoms with Crippen molar-refractivity contribution < 1.29 is 0 Å². The topological polar surface area (TPSA) is 0 Å². The standard InChI is InChI=1S/C4H10Si/c1-5(2,3)4/h1H,2-4H3. The lowest BCUT2D eigenvalue weighted by molar-refractivity contribution is 1.78. The molecule has 0 aliphatic heterocycles. The summed E-state index contributed by atoms with van der Waals surface area (Å²) in [7, 11) is -1.11. The first-order chi connectivity index (χ1) is 2.00. The van der Waals surface area contributed by atoms with Crippen LogP contribution in [0.5, 0.6) is 0 Å². The number of rotatable bonds is 0. The van der Waals surface area contributed by atoms with Gasteiger partial charge in [-0.15, -0.1) is 0 Å². The molecule has 0 N–H and O–H groups in total. The van der Waals surface area contributed by atoms with Crippen LogP contribution in [0.1, 0.15) is 0 Å². The van der Waals surface area contributed by atoms with E-state index in [1.54, 1.807) is 0 Å². The molecule has 0 unspecified atom stereocenters. The van der Waals surface area contributed by atoms with Gasteiger partial charge in [-0.05, 0) is 6.55 Å². The van der Waals surface area contributed by atoms with Crippen LogP contribution in [0.4, 0.5) is 0 Å². The summed E-state index contributed by atoms with van der Waals surface area (Å²) in [6.45, 7) is 11.8. The summed E-state index contributed by atoms with van der Waals surface area (Å²) >= 11 is 0. The highest BCUT2D eigenvalue weighted by Gasteiger charge is 1.99. The second-order valence-corrected chi connectivity index (χ2v) is 7.10. The smallest absolute Gasteiger partial charge is 0.0473 e. The molecule has 5 heavy (non-hydrogen) atoms. The molecular formula is C4H10Si. The lowest BCUT2D eigenvalue weighted by atomic mass is 11.8. The van der Waals surface area contributed by atoms with E-state index in [4.69, 9.17) is 6.55 Å². The minimum Gasteiger partial charge on any atom is -0.0693 e. The monoisotopic (exact) mass is 86.1 g/mol. The number of hydrogen-bond donors (Lipinski definition) is 0. The SMILES string of the molecule is [CH][Si](C)(C)C. The van der Waals surface area contributed by atoms with Gasteiger partial charge in [-0.1, -0.05) is 19.6 Å². The van der Waals surface area contributed by atoms with Crippen LogP contribution in [0.15, 0.2) is 0 Å². The molecular weight excluding hydrogens is 76.1 g/mol. The normalized spacial score (nSPS) is 12.0. The van der Waals surface area contributed by atoms with Gasteiger partial charge in [-0.2, -0.15) is 0 Å². The average Bonchev–Trinajstić information content (AvgIpc) is 0.722. The van der Waals surface area contributed by atoms with Crippen LogP contribution in [-0.4, -0.2) is 8.07 Å². The first-order valence-corrected chi connectivity index (χ1v) is 5.37. The zero-order chi connectivity index (χ0) is 4.50. The van der Waals surface area contributed by atoms with Gasteiger partial charge in [0, 0.05) is 8.07 Å². The molecule has 0 aromatic carbocycles. The average molecular weight is 86.2 g/mol. The van der Waals surface area contributed by atoms with E-state index in [0.717, 1.165) is 0 Å². The van der Waals surface area contributed by atoms with E-state index in [2.05, 4.69) is 19.6 Å². The van der Waals surface area contributed by atoms with E-state index >= 15 is 0 Å². The third-order valence-electron chi connectivity index (χ3n) is 0. The quantitative estimate of drug-likeness (QED) is 0.393. The fourth-order valence-corrected chi connectivity index (χ4v) is 0. The first kappa shape index (κ1) is 5.22. The molecule has 1 heteroatoms. The zero-order valence-electron chi connectivity index (χ0n) is 4.08. The molecule has 0 aromatic rings. The molecule has 0 rings (SSSR count). The molecule has 0 atom stereocenters. The van der Waals surface area contributed by atoms with Crippen molar-refractivity contribution in [1.29, 1.82) is 0 Å². The first-order valence-electron chi connectivity index (χ1n) is 1.79. The minimum atomic E-state index is -1.11. The van der Waals surface area contributed by atoms with Gasteiger partial charge in [0.05, 0.1) is 0 Å². The summed E-state index contributed by atoms with van der Waals surface area (Å²) in [5.74, 6) is 0. The highest BCUT2D eigenvalue weighted by molar-refractivity contribution is 6.77. The molecule has 0 fully saturated rings. The second kappa shape index (κ2) is 1.13. The number of hydrogen-bond acceptors (Lipinski definition) is 0. The van der Waals surface area contributed by atoms with Gasteiger partial charge in [-0.25, -0.2) is 0 Å². The largest absolute Gasteiger partial charge is 0.0693 e. The van der Waals surface area contributed by atoms with E-state index in [1.807, 2.05) is 0 Å². The van der Waals surface area contributed by atoms with Crippen molar-refractivity contribution in [3.8, 4) is 0 Å². The summed E-state index contributed by atoms with van der Waals surface area (Å²) in [5.41, 5.74) is 0. The summed E-state index contributed by atoms with van der Waals surface area (Å²) < 4.78 is 0. The van der Waals surface area contributed by atoms with Gasteiger partial charge in [0.1, 0.15) is 0 Å². The van der Waals surface area contributed by atoms with Crippen LogP contribution in [0.3, 0.4) is 0 Å². The van der Waals surface area contributed by atoms with Crippen LogP contribution in [-0.2, 0) is 0 Å². The Labute approximate surface area is 35.2 Å². The van der Waals surface area contributed by atoms with Gasteiger partial charge in [0.15, 0.2) is 0 Å². The van der Waals surface area contributed by atoms with Crippen molar-refractivity contribution >= 4 is 8.07 Å². The lowest BCUT2D eigenvalue weighted by Gasteiger charge is -2.01. The molecule has 0 saturated heterocycles. The van der Waals surface area contributed by atoms with Crippen LogP contribution in [0, 0.1) is 6.55 Å². The molecule has 30 valence electrons. The zero-order valence-corrected chi connectivity index (χ0v) is 5.08. The van der Waals surface area contributed by atoms with Crippen LogP contribution in [0.2, 0.25) is 19.6 Å². The van der Waals surface area contributed by atoms with Gasteiger partial charge in [-0.3, -0.25) is 0 Å². The maximum absolute atomic E-state index is 5.49. The van der Waals surface area contributed by atoms with Crippen LogP contribution >= 0.6 is 0 Å². The molecule has 2 radical (unpaired) electrons. The highest BCUT2D eigenvalue weighted by atomic mass is 28.3. The third kappa shape index (κ3) is 441. The van der Waals surface area contributed by atoms with Crippen molar-refractivity contribution in [2.24, 2.45) is 0 Å². The third-order valence-corrected chi connectivity index (χ3v) is 0. The molecule has 0 aliphatic carbocycles. The Bertz CT molecular complexity index is 19.1. The molecule has 0 spiro atoms. The van der Waals surface area contributed by atoms with Gasteiger partial charge >= 0.3 is 0 Å². The van der Waals surface area contributed by atoms with Crippen LogP contribution in [0.25, 0.3) is 0 Å². The van der Waals surface area contributed by atoms with E-state index in [0.29, 0.717) is 0 Å². The van der Waals surface area contributed by atoms with Gasteiger partial charge in [0.2, 0.25) is 0 Å². The molecule has 0 heterocycles. The van der Waals surface area contributed by atoms with Gasteiger partial charge < -0.3 is 0 Å². The second-order valence-electron chi connectivity index (χ2n) is 2.37. The molecule has 0 amide bonds. The van der Waals surface area contributed by atoms with E-state index in [1.165, 1.54) is 0 Å².